The summed E-state index contributed by atoms with van der Waals surface area (Å²) in [6, 6.07) is 4.05. The molecule has 8 heteroatoms. The topological polar surface area (TPSA) is 113 Å². The first-order chi connectivity index (χ1) is 9.90. The van der Waals surface area contributed by atoms with E-state index in [0.717, 1.165) is 12.8 Å². The van der Waals surface area contributed by atoms with Gasteiger partial charge in [-0.3, -0.25) is 4.79 Å². The van der Waals surface area contributed by atoms with Crippen LogP contribution in [0.5, 0.6) is 0 Å². The second-order valence-corrected chi connectivity index (χ2v) is 6.50. The SMILES string of the molecule is O=C(O)c1ccc(S(=O)(=O)NC2CCCCNC2=O)cc1. The van der Waals surface area contributed by atoms with E-state index >= 15 is 0 Å². The molecule has 1 aliphatic heterocycles. The van der Waals surface area contributed by atoms with Crippen molar-refractivity contribution < 1.29 is 23.1 Å². The van der Waals surface area contributed by atoms with E-state index in [1.807, 2.05) is 0 Å². The van der Waals surface area contributed by atoms with Crippen molar-refractivity contribution >= 4 is 21.9 Å². The summed E-state index contributed by atoms with van der Waals surface area (Å²) < 4.78 is 26.8. The molecule has 1 atom stereocenters. The van der Waals surface area contributed by atoms with Gasteiger partial charge in [0.1, 0.15) is 6.04 Å². The number of carbonyl (C=O) groups excluding carboxylic acids is 1. The Kier molecular flexibility index (Phi) is 4.59. The van der Waals surface area contributed by atoms with Gasteiger partial charge in [-0.25, -0.2) is 13.2 Å². The van der Waals surface area contributed by atoms with Gasteiger partial charge in [0.15, 0.2) is 0 Å². The molecule has 3 N–H and O–H groups in total. The molecule has 21 heavy (non-hydrogen) atoms. The molecule has 7 nitrogen and oxygen atoms in total. The van der Waals surface area contributed by atoms with Gasteiger partial charge in [-0.15, -0.1) is 0 Å². The van der Waals surface area contributed by atoms with E-state index in [1.165, 1.54) is 24.3 Å². The average molecular weight is 312 g/mol. The van der Waals surface area contributed by atoms with E-state index in [-0.39, 0.29) is 16.4 Å². The molecule has 0 aliphatic carbocycles. The maximum Gasteiger partial charge on any atom is 0.335 e. The summed E-state index contributed by atoms with van der Waals surface area (Å²) in [5.74, 6) is -1.46. The number of aromatic carboxylic acids is 1. The number of amides is 1. The number of carboxylic acids is 1. The van der Waals surface area contributed by atoms with Gasteiger partial charge in [0, 0.05) is 6.54 Å². The maximum atomic E-state index is 12.2. The molecule has 0 saturated carbocycles. The third-order valence-electron chi connectivity index (χ3n) is 3.24. The number of sulfonamides is 1. The smallest absolute Gasteiger partial charge is 0.335 e. The minimum atomic E-state index is -3.86. The van der Waals surface area contributed by atoms with E-state index in [4.69, 9.17) is 5.11 Å². The van der Waals surface area contributed by atoms with Gasteiger partial charge in [0.2, 0.25) is 15.9 Å². The van der Waals surface area contributed by atoms with Crippen LogP contribution in [0.1, 0.15) is 29.6 Å². The Hall–Kier alpha value is -1.93. The lowest BCUT2D eigenvalue weighted by atomic mass is 10.1. The minimum Gasteiger partial charge on any atom is -0.478 e. The first-order valence-corrected chi connectivity index (χ1v) is 8.02. The Balaban J connectivity index is 2.17. The Bertz CT molecular complexity index is 639. The van der Waals surface area contributed by atoms with Gasteiger partial charge < -0.3 is 10.4 Å². The normalized spacial score (nSPS) is 19.6. The highest BCUT2D eigenvalue weighted by Crippen LogP contribution is 2.13. The second-order valence-electron chi connectivity index (χ2n) is 4.79. The molecule has 1 aromatic rings. The molecule has 114 valence electrons. The lowest BCUT2D eigenvalue weighted by molar-refractivity contribution is -0.122. The predicted molar refractivity (Wildman–Crippen MR) is 74.4 cm³/mol. The highest BCUT2D eigenvalue weighted by Gasteiger charge is 2.26. The Labute approximate surface area is 122 Å². The lowest BCUT2D eigenvalue weighted by Gasteiger charge is -2.15. The number of hydrogen-bond donors (Lipinski definition) is 3. The summed E-state index contributed by atoms with van der Waals surface area (Å²) in [5.41, 5.74) is 0.00107. The minimum absolute atomic E-state index is 0.00107. The number of rotatable bonds is 4. The number of benzene rings is 1. The molecule has 1 amide bonds. The first-order valence-electron chi connectivity index (χ1n) is 6.53. The largest absolute Gasteiger partial charge is 0.478 e. The predicted octanol–water partition coefficient (Wildman–Crippen LogP) is 0.332. The third kappa shape index (κ3) is 3.79. The second kappa shape index (κ2) is 6.23. The standard InChI is InChI=1S/C13H16N2O5S/c16-12-11(3-1-2-8-14-12)15-21(19,20)10-6-4-9(5-7-10)13(17)18/h4-7,11,15H,1-3,8H2,(H,14,16)(H,17,18). The van der Waals surface area contributed by atoms with Crippen LogP contribution >= 0.6 is 0 Å². The highest BCUT2D eigenvalue weighted by atomic mass is 32.2. The maximum absolute atomic E-state index is 12.2. The molecule has 1 heterocycles. The quantitative estimate of drug-likeness (QED) is 0.741. The number of carbonyl (C=O) groups is 2. The fourth-order valence-electron chi connectivity index (χ4n) is 2.08. The third-order valence-corrected chi connectivity index (χ3v) is 4.73. The lowest BCUT2D eigenvalue weighted by Crippen LogP contribution is -2.45. The molecular weight excluding hydrogens is 296 g/mol. The van der Waals surface area contributed by atoms with Crippen LogP contribution in [-0.2, 0) is 14.8 Å². The highest BCUT2D eigenvalue weighted by molar-refractivity contribution is 7.89. The van der Waals surface area contributed by atoms with Crippen LogP contribution in [0.2, 0.25) is 0 Å². The summed E-state index contributed by atoms with van der Waals surface area (Å²) in [5, 5.41) is 11.4. The van der Waals surface area contributed by atoms with E-state index in [1.54, 1.807) is 0 Å². The van der Waals surface area contributed by atoms with Crippen molar-refractivity contribution in [2.45, 2.75) is 30.2 Å². The van der Waals surface area contributed by atoms with Crippen LogP contribution in [0.3, 0.4) is 0 Å². The molecule has 1 aromatic carbocycles. The fraction of sp³-hybridized carbons (Fsp3) is 0.385. The molecule has 1 saturated heterocycles. The Morgan fingerprint density at radius 1 is 1.24 bits per heavy atom. The van der Waals surface area contributed by atoms with Crippen molar-refractivity contribution in [1.82, 2.24) is 10.0 Å². The van der Waals surface area contributed by atoms with Crippen LogP contribution in [0.25, 0.3) is 0 Å². The summed E-state index contributed by atoms with van der Waals surface area (Å²) in [6.07, 6.45) is 2.01. The Morgan fingerprint density at radius 2 is 1.90 bits per heavy atom. The monoisotopic (exact) mass is 312 g/mol. The zero-order valence-corrected chi connectivity index (χ0v) is 12.0. The van der Waals surface area contributed by atoms with Crippen molar-refractivity contribution in [3.63, 3.8) is 0 Å². The van der Waals surface area contributed by atoms with Crippen molar-refractivity contribution in [2.75, 3.05) is 6.54 Å². The molecule has 1 aliphatic rings. The van der Waals surface area contributed by atoms with Gasteiger partial charge in [0.05, 0.1) is 10.5 Å². The van der Waals surface area contributed by atoms with Gasteiger partial charge in [-0.1, -0.05) is 0 Å². The summed E-state index contributed by atoms with van der Waals surface area (Å²) in [7, 11) is -3.86. The molecule has 0 aromatic heterocycles. The average Bonchev–Trinajstić information content (AvgIpc) is 2.64. The van der Waals surface area contributed by atoms with E-state index in [9.17, 15) is 18.0 Å². The number of hydrogen-bond acceptors (Lipinski definition) is 4. The van der Waals surface area contributed by atoms with Gasteiger partial charge in [0.25, 0.3) is 0 Å². The first kappa shape index (κ1) is 15.5. The number of carboxylic acid groups (broad SMARTS) is 1. The molecular formula is C13H16N2O5S. The zero-order valence-electron chi connectivity index (χ0n) is 11.2. The molecule has 2 rings (SSSR count). The molecule has 0 spiro atoms. The summed E-state index contributed by atoms with van der Waals surface area (Å²) >= 11 is 0. The van der Waals surface area contributed by atoms with Crippen molar-refractivity contribution in [2.24, 2.45) is 0 Å². The van der Waals surface area contributed by atoms with Gasteiger partial charge in [-0.05, 0) is 43.5 Å². The Morgan fingerprint density at radius 3 is 2.52 bits per heavy atom. The van der Waals surface area contributed by atoms with E-state index in [0.29, 0.717) is 13.0 Å². The van der Waals surface area contributed by atoms with Crippen LogP contribution in [-0.4, -0.2) is 38.0 Å². The number of nitrogens with one attached hydrogen (secondary N) is 2. The van der Waals surface area contributed by atoms with Crippen molar-refractivity contribution in [1.29, 1.82) is 0 Å². The zero-order chi connectivity index (χ0) is 15.5. The molecule has 1 fully saturated rings. The molecule has 1 unspecified atom stereocenters. The van der Waals surface area contributed by atoms with E-state index < -0.39 is 22.0 Å². The van der Waals surface area contributed by atoms with Crippen LogP contribution in [0.4, 0.5) is 0 Å². The van der Waals surface area contributed by atoms with Crippen LogP contribution in [0.15, 0.2) is 29.2 Å². The summed E-state index contributed by atoms with van der Waals surface area (Å²) in [4.78, 5) is 22.4. The van der Waals surface area contributed by atoms with Gasteiger partial charge in [-0.2, -0.15) is 4.72 Å². The van der Waals surface area contributed by atoms with E-state index in [2.05, 4.69) is 10.0 Å². The van der Waals surface area contributed by atoms with Crippen LogP contribution < -0.4 is 10.0 Å². The van der Waals surface area contributed by atoms with Crippen LogP contribution in [0, 0.1) is 0 Å². The van der Waals surface area contributed by atoms with Crippen molar-refractivity contribution in [3.05, 3.63) is 29.8 Å². The summed E-state index contributed by atoms with van der Waals surface area (Å²) in [6.45, 7) is 0.546. The molecule has 0 radical (unpaired) electrons. The van der Waals surface area contributed by atoms with Gasteiger partial charge >= 0.3 is 5.97 Å². The fourth-order valence-corrected chi connectivity index (χ4v) is 3.31. The van der Waals surface area contributed by atoms with Crippen molar-refractivity contribution in [3.8, 4) is 0 Å². The molecule has 0 bridgehead atoms.